The number of hydrogen-bond acceptors (Lipinski definition) is 3. The molecule has 5 heteroatoms. The maximum absolute atomic E-state index is 11.3. The first-order valence-corrected chi connectivity index (χ1v) is 3.59. The summed E-state index contributed by atoms with van der Waals surface area (Å²) in [6, 6.07) is -0.207. The van der Waals surface area contributed by atoms with Gasteiger partial charge < -0.3 is 4.74 Å². The number of carbonyl (C=O) groups excluding carboxylic acids is 1. The van der Waals surface area contributed by atoms with Crippen LogP contribution in [0.4, 0.5) is 4.79 Å². The monoisotopic (exact) mass is 172 g/mol. The van der Waals surface area contributed by atoms with Crippen LogP contribution in [0, 0.1) is 0 Å². The molecule has 0 bridgehead atoms. The predicted octanol–water partition coefficient (Wildman–Crippen LogP) is 0.403. The van der Waals surface area contributed by atoms with Crippen molar-refractivity contribution in [2.75, 3.05) is 27.4 Å². The van der Waals surface area contributed by atoms with E-state index in [1.54, 1.807) is 19.4 Å². The lowest BCUT2D eigenvalue weighted by Gasteiger charge is -2.26. The maximum Gasteiger partial charge on any atom is 0.346 e. The highest BCUT2D eigenvalue weighted by molar-refractivity contribution is 5.73. The smallest absolute Gasteiger partial charge is 0.346 e. The van der Waals surface area contributed by atoms with Gasteiger partial charge in [-0.2, -0.15) is 0 Å². The lowest BCUT2D eigenvalue weighted by atomic mass is 10.5. The molecule has 0 atom stereocenters. The normalized spacial score (nSPS) is 15.7. The van der Waals surface area contributed by atoms with Crippen molar-refractivity contribution in [2.45, 2.75) is 0 Å². The lowest BCUT2D eigenvalue weighted by molar-refractivity contribution is -0.0818. The Bertz CT molecular complexity index is 193. The first kappa shape index (κ1) is 8.86. The molecule has 1 heterocycles. The van der Waals surface area contributed by atoms with E-state index >= 15 is 0 Å². The number of urea groups is 1. The van der Waals surface area contributed by atoms with Crippen molar-refractivity contribution in [3.63, 3.8) is 0 Å². The molecule has 0 radical (unpaired) electrons. The van der Waals surface area contributed by atoms with Crippen LogP contribution in [0.5, 0.6) is 0 Å². The van der Waals surface area contributed by atoms with Gasteiger partial charge in [-0.15, -0.1) is 0 Å². The summed E-state index contributed by atoms with van der Waals surface area (Å²) in [5, 5.41) is 1.16. The molecule has 1 aliphatic rings. The molecule has 5 nitrogen and oxygen atoms in total. The number of rotatable bonds is 1. The second kappa shape index (κ2) is 3.96. The Labute approximate surface area is 71.1 Å². The summed E-state index contributed by atoms with van der Waals surface area (Å²) in [7, 11) is 3.00. The topological polar surface area (TPSA) is 42.0 Å². The molecule has 1 aliphatic heterocycles. The van der Waals surface area contributed by atoms with Gasteiger partial charge in [-0.3, -0.25) is 9.74 Å². The summed E-state index contributed by atoms with van der Waals surface area (Å²) < 4.78 is 4.94. The standard InChI is InChI=1S/C7H12N2O3/c1-8(11-2)7(10)9-4-3-5-12-6-9/h3,5H,4,6H2,1-2H3. The predicted molar refractivity (Wildman–Crippen MR) is 42.0 cm³/mol. The van der Waals surface area contributed by atoms with Gasteiger partial charge in [0.25, 0.3) is 0 Å². The fourth-order valence-electron chi connectivity index (χ4n) is 0.835. The molecule has 0 fully saturated rings. The van der Waals surface area contributed by atoms with Gasteiger partial charge >= 0.3 is 6.03 Å². The van der Waals surface area contributed by atoms with Crippen LogP contribution in [0.15, 0.2) is 12.3 Å². The van der Waals surface area contributed by atoms with E-state index in [-0.39, 0.29) is 12.8 Å². The summed E-state index contributed by atoms with van der Waals surface area (Å²) in [5.41, 5.74) is 0. The average molecular weight is 172 g/mol. The molecule has 0 aromatic rings. The molecule has 0 aliphatic carbocycles. The van der Waals surface area contributed by atoms with Crippen molar-refractivity contribution in [1.29, 1.82) is 0 Å². The quantitative estimate of drug-likeness (QED) is 0.538. The van der Waals surface area contributed by atoms with Gasteiger partial charge in [-0.05, 0) is 6.08 Å². The van der Waals surface area contributed by atoms with E-state index in [2.05, 4.69) is 0 Å². The van der Waals surface area contributed by atoms with Crippen molar-refractivity contribution >= 4 is 6.03 Å². The summed E-state index contributed by atoms with van der Waals surface area (Å²) in [6.45, 7) is 0.843. The van der Waals surface area contributed by atoms with Crippen LogP contribution in [-0.4, -0.2) is 43.4 Å². The highest BCUT2D eigenvalue weighted by atomic mass is 16.7. The third-order valence-corrected chi connectivity index (χ3v) is 1.56. The number of ether oxygens (including phenoxy) is 1. The van der Waals surface area contributed by atoms with Crippen LogP contribution in [0.1, 0.15) is 0 Å². The Hall–Kier alpha value is -1.23. The van der Waals surface area contributed by atoms with Crippen molar-refractivity contribution in [3.05, 3.63) is 12.3 Å². The second-order valence-corrected chi connectivity index (χ2v) is 2.35. The minimum absolute atomic E-state index is 0.207. The van der Waals surface area contributed by atoms with Gasteiger partial charge in [0.05, 0.1) is 13.4 Å². The van der Waals surface area contributed by atoms with Crippen molar-refractivity contribution in [1.82, 2.24) is 9.96 Å². The molecular weight excluding hydrogens is 160 g/mol. The third-order valence-electron chi connectivity index (χ3n) is 1.56. The molecule has 0 unspecified atom stereocenters. The van der Waals surface area contributed by atoms with Gasteiger partial charge in [0.15, 0.2) is 6.73 Å². The number of hydrogen-bond donors (Lipinski definition) is 0. The maximum atomic E-state index is 11.3. The average Bonchev–Trinajstić information content (AvgIpc) is 2.17. The van der Waals surface area contributed by atoms with Gasteiger partial charge in [-0.25, -0.2) is 9.86 Å². The van der Waals surface area contributed by atoms with E-state index in [0.29, 0.717) is 6.54 Å². The number of nitrogens with zero attached hydrogens (tertiary/aromatic N) is 2. The minimum Gasteiger partial charge on any atom is -0.481 e. The second-order valence-electron chi connectivity index (χ2n) is 2.35. The van der Waals surface area contributed by atoms with Crippen LogP contribution < -0.4 is 0 Å². The molecule has 1 rings (SSSR count). The number of amides is 2. The van der Waals surface area contributed by atoms with Crippen molar-refractivity contribution < 1.29 is 14.4 Å². The SMILES string of the molecule is CON(C)C(=O)N1CC=COC1. The fraction of sp³-hybridized carbons (Fsp3) is 0.571. The zero-order chi connectivity index (χ0) is 8.97. The Balaban J connectivity index is 2.46. The molecule has 0 N–H and O–H groups in total. The van der Waals surface area contributed by atoms with Crippen LogP contribution in [0.3, 0.4) is 0 Å². The van der Waals surface area contributed by atoms with E-state index in [0.717, 1.165) is 5.06 Å². The third kappa shape index (κ3) is 1.88. The van der Waals surface area contributed by atoms with E-state index in [1.807, 2.05) is 0 Å². The Morgan fingerprint density at radius 1 is 1.75 bits per heavy atom. The zero-order valence-electron chi connectivity index (χ0n) is 7.19. The summed E-state index contributed by atoms with van der Waals surface area (Å²) in [5.74, 6) is 0. The highest BCUT2D eigenvalue weighted by Gasteiger charge is 2.18. The molecule has 0 saturated heterocycles. The van der Waals surface area contributed by atoms with E-state index < -0.39 is 0 Å². The summed E-state index contributed by atoms with van der Waals surface area (Å²) >= 11 is 0. The van der Waals surface area contributed by atoms with Gasteiger partial charge in [0.1, 0.15) is 0 Å². The first-order chi connectivity index (χ1) is 5.75. The zero-order valence-corrected chi connectivity index (χ0v) is 7.19. The van der Waals surface area contributed by atoms with Crippen LogP contribution in [0.2, 0.25) is 0 Å². The van der Waals surface area contributed by atoms with Crippen LogP contribution >= 0.6 is 0 Å². The van der Waals surface area contributed by atoms with Crippen molar-refractivity contribution in [3.8, 4) is 0 Å². The molecule has 0 aromatic heterocycles. The number of carbonyl (C=O) groups is 1. The number of hydroxylamine groups is 2. The molecule has 2 amide bonds. The molecule has 68 valence electrons. The molecule has 12 heavy (non-hydrogen) atoms. The highest BCUT2D eigenvalue weighted by Crippen LogP contribution is 2.02. The van der Waals surface area contributed by atoms with Gasteiger partial charge in [-0.1, -0.05) is 0 Å². The summed E-state index contributed by atoms with van der Waals surface area (Å²) in [4.78, 5) is 17.6. The largest absolute Gasteiger partial charge is 0.481 e. The van der Waals surface area contributed by atoms with Crippen LogP contribution in [0.25, 0.3) is 0 Å². The van der Waals surface area contributed by atoms with E-state index in [1.165, 1.54) is 12.0 Å². The Kier molecular flexibility index (Phi) is 2.93. The lowest BCUT2D eigenvalue weighted by Crippen LogP contribution is -2.42. The molecule has 0 saturated carbocycles. The van der Waals surface area contributed by atoms with Crippen LogP contribution in [-0.2, 0) is 9.57 Å². The Morgan fingerprint density at radius 3 is 3.00 bits per heavy atom. The minimum atomic E-state index is -0.207. The van der Waals surface area contributed by atoms with E-state index in [9.17, 15) is 4.79 Å². The van der Waals surface area contributed by atoms with Gasteiger partial charge in [0, 0.05) is 13.6 Å². The first-order valence-electron chi connectivity index (χ1n) is 3.59. The van der Waals surface area contributed by atoms with Crippen molar-refractivity contribution in [2.24, 2.45) is 0 Å². The van der Waals surface area contributed by atoms with E-state index in [4.69, 9.17) is 9.57 Å². The molecular formula is C7H12N2O3. The Morgan fingerprint density at radius 2 is 2.50 bits per heavy atom. The van der Waals surface area contributed by atoms with Gasteiger partial charge in [0.2, 0.25) is 0 Å². The summed E-state index contributed by atoms with van der Waals surface area (Å²) in [6.07, 6.45) is 3.35. The molecule has 0 spiro atoms. The molecule has 0 aromatic carbocycles. The fourth-order valence-corrected chi connectivity index (χ4v) is 0.835.